The van der Waals surface area contributed by atoms with Crippen molar-refractivity contribution in [2.75, 3.05) is 0 Å². The predicted octanol–water partition coefficient (Wildman–Crippen LogP) is 3.90. The van der Waals surface area contributed by atoms with Crippen molar-refractivity contribution in [1.29, 1.82) is 0 Å². The fourth-order valence-corrected chi connectivity index (χ4v) is 7.25. The molecule has 0 N–H and O–H groups in total. The topological polar surface area (TPSA) is 17.1 Å². The fraction of sp³-hybridized carbons (Fsp3) is 0.647. The molecule has 1 unspecified atom stereocenters. The first-order valence-electron chi connectivity index (χ1n) is 7.66. The van der Waals surface area contributed by atoms with Gasteiger partial charge in [-0.15, -0.1) is 0 Å². The molecule has 0 aromatic heterocycles. The zero-order valence-electron chi connectivity index (χ0n) is 11.4. The van der Waals surface area contributed by atoms with Crippen LogP contribution in [0.4, 0.5) is 0 Å². The lowest BCUT2D eigenvalue weighted by atomic mass is 9.56. The van der Waals surface area contributed by atoms with E-state index in [-0.39, 0.29) is 4.75 Å². The van der Waals surface area contributed by atoms with Gasteiger partial charge < -0.3 is 0 Å². The Hall–Kier alpha value is -0.630. The number of benzene rings is 1. The van der Waals surface area contributed by atoms with Gasteiger partial charge in [0, 0.05) is 21.3 Å². The molecule has 0 heterocycles. The van der Waals surface area contributed by atoms with Crippen LogP contribution >= 0.6 is 0 Å². The van der Waals surface area contributed by atoms with Gasteiger partial charge in [0.15, 0.2) is 0 Å². The molecular weight excluding hydrogens is 252 g/mol. The van der Waals surface area contributed by atoms with Gasteiger partial charge in [0.25, 0.3) is 0 Å². The van der Waals surface area contributed by atoms with Gasteiger partial charge in [-0.2, -0.15) is 0 Å². The van der Waals surface area contributed by atoms with E-state index in [1.54, 1.807) is 0 Å². The van der Waals surface area contributed by atoms with Crippen molar-refractivity contribution in [2.24, 2.45) is 17.8 Å². The number of hydrogen-bond acceptors (Lipinski definition) is 1. The molecule has 0 amide bonds. The summed E-state index contributed by atoms with van der Waals surface area (Å²) in [6, 6.07) is 10.4. The van der Waals surface area contributed by atoms with Gasteiger partial charge >= 0.3 is 0 Å². The summed E-state index contributed by atoms with van der Waals surface area (Å²) in [7, 11) is -0.676. The maximum atomic E-state index is 13.0. The lowest BCUT2D eigenvalue weighted by Gasteiger charge is -2.56. The summed E-state index contributed by atoms with van der Waals surface area (Å²) in [4.78, 5) is 0. The summed E-state index contributed by atoms with van der Waals surface area (Å²) in [5.74, 6) is 3.45. The van der Waals surface area contributed by atoms with Crippen LogP contribution in [-0.4, -0.2) is 8.96 Å². The Morgan fingerprint density at radius 1 is 0.947 bits per heavy atom. The minimum Gasteiger partial charge on any atom is -0.259 e. The van der Waals surface area contributed by atoms with Crippen molar-refractivity contribution in [3.63, 3.8) is 0 Å². The standard InChI is InChI=1S/C17H22OS/c18-19(12-13-4-2-1-3-5-13)17-9-14-6-15(10-17)8-16(7-14)11-17/h1-5,14-16H,6-12H2. The van der Waals surface area contributed by atoms with Crippen LogP contribution in [0.1, 0.15) is 44.1 Å². The van der Waals surface area contributed by atoms with E-state index in [1.165, 1.54) is 44.1 Å². The van der Waals surface area contributed by atoms with E-state index in [9.17, 15) is 4.21 Å². The van der Waals surface area contributed by atoms with Crippen molar-refractivity contribution in [3.8, 4) is 0 Å². The Morgan fingerprint density at radius 3 is 2.00 bits per heavy atom. The highest BCUT2D eigenvalue weighted by Gasteiger charge is 2.53. The second-order valence-corrected chi connectivity index (χ2v) is 8.92. The van der Waals surface area contributed by atoms with Crippen LogP contribution in [0.25, 0.3) is 0 Å². The lowest BCUT2D eigenvalue weighted by Crippen LogP contribution is -2.53. The Morgan fingerprint density at radius 2 is 1.47 bits per heavy atom. The quantitative estimate of drug-likeness (QED) is 0.817. The van der Waals surface area contributed by atoms with Crippen molar-refractivity contribution in [3.05, 3.63) is 35.9 Å². The van der Waals surface area contributed by atoms with Gasteiger partial charge in [0.1, 0.15) is 0 Å². The van der Waals surface area contributed by atoms with E-state index in [0.29, 0.717) is 0 Å². The minimum absolute atomic E-state index is 0.185. The third-order valence-electron chi connectivity index (χ3n) is 5.61. The Bertz CT molecular complexity index is 458. The molecule has 19 heavy (non-hydrogen) atoms. The monoisotopic (exact) mass is 274 g/mol. The summed E-state index contributed by atoms with van der Waals surface area (Å²) in [5.41, 5.74) is 1.25. The summed E-state index contributed by atoms with van der Waals surface area (Å²) in [6.45, 7) is 0. The Kier molecular flexibility index (Phi) is 2.84. The van der Waals surface area contributed by atoms with E-state index in [1.807, 2.05) is 6.07 Å². The average molecular weight is 274 g/mol. The molecule has 0 saturated heterocycles. The van der Waals surface area contributed by atoms with E-state index < -0.39 is 10.8 Å². The molecule has 4 fully saturated rings. The third kappa shape index (κ3) is 2.08. The van der Waals surface area contributed by atoms with Crippen LogP contribution < -0.4 is 0 Å². The van der Waals surface area contributed by atoms with Crippen molar-refractivity contribution < 1.29 is 4.21 Å². The number of rotatable bonds is 3. The largest absolute Gasteiger partial charge is 0.259 e. The van der Waals surface area contributed by atoms with Gasteiger partial charge in [-0.1, -0.05) is 30.3 Å². The highest BCUT2D eigenvalue weighted by molar-refractivity contribution is 7.85. The van der Waals surface area contributed by atoms with Crippen LogP contribution in [0.5, 0.6) is 0 Å². The molecule has 1 aromatic carbocycles. The molecule has 1 aromatic rings. The summed E-state index contributed by atoms with van der Waals surface area (Å²) in [6.07, 6.45) is 8.04. The predicted molar refractivity (Wildman–Crippen MR) is 79.2 cm³/mol. The van der Waals surface area contributed by atoms with Crippen LogP contribution in [0.15, 0.2) is 30.3 Å². The second kappa shape index (κ2) is 4.44. The van der Waals surface area contributed by atoms with Gasteiger partial charge in [-0.05, 0) is 61.8 Å². The molecule has 5 rings (SSSR count). The first-order valence-corrected chi connectivity index (χ1v) is 8.98. The normalized spacial score (nSPS) is 41.4. The summed E-state index contributed by atoms with van der Waals surface area (Å²) >= 11 is 0. The number of hydrogen-bond donors (Lipinski definition) is 0. The van der Waals surface area contributed by atoms with Gasteiger partial charge in [0.05, 0.1) is 0 Å². The molecule has 102 valence electrons. The molecule has 0 radical (unpaired) electrons. The SMILES string of the molecule is O=S(Cc1ccccc1)C12CC3CC(CC(C3)C1)C2. The molecule has 4 aliphatic rings. The first-order chi connectivity index (χ1) is 9.23. The second-order valence-electron chi connectivity index (χ2n) is 7.08. The van der Waals surface area contributed by atoms with Crippen LogP contribution in [0, 0.1) is 17.8 Å². The highest BCUT2D eigenvalue weighted by Crippen LogP contribution is 2.58. The van der Waals surface area contributed by atoms with Crippen molar-refractivity contribution in [2.45, 2.75) is 49.0 Å². The fourth-order valence-electron chi connectivity index (χ4n) is 5.19. The molecule has 4 aliphatic carbocycles. The smallest absolute Gasteiger partial charge is 0.0491 e. The first kappa shape index (κ1) is 12.1. The third-order valence-corrected chi connectivity index (χ3v) is 7.67. The molecular formula is C17H22OS. The summed E-state index contributed by atoms with van der Waals surface area (Å²) in [5, 5.41) is 0. The van der Waals surface area contributed by atoms with E-state index in [2.05, 4.69) is 24.3 Å². The molecule has 0 aliphatic heterocycles. The van der Waals surface area contributed by atoms with Crippen molar-refractivity contribution in [1.82, 2.24) is 0 Å². The molecule has 4 saturated carbocycles. The van der Waals surface area contributed by atoms with E-state index >= 15 is 0 Å². The van der Waals surface area contributed by atoms with Gasteiger partial charge in [-0.3, -0.25) is 4.21 Å². The van der Waals surface area contributed by atoms with Crippen LogP contribution in [-0.2, 0) is 16.6 Å². The lowest BCUT2D eigenvalue weighted by molar-refractivity contribution is 0.0360. The average Bonchev–Trinajstić information content (AvgIpc) is 2.38. The maximum Gasteiger partial charge on any atom is 0.0491 e. The maximum absolute atomic E-state index is 13.0. The molecule has 0 spiro atoms. The molecule has 4 bridgehead atoms. The van der Waals surface area contributed by atoms with Gasteiger partial charge in [0.2, 0.25) is 0 Å². The van der Waals surface area contributed by atoms with Gasteiger partial charge in [-0.25, -0.2) is 0 Å². The Labute approximate surface area is 118 Å². The molecule has 2 heteroatoms. The highest BCUT2D eigenvalue weighted by atomic mass is 32.2. The van der Waals surface area contributed by atoms with Crippen LogP contribution in [0.2, 0.25) is 0 Å². The Balaban J connectivity index is 1.56. The summed E-state index contributed by atoms with van der Waals surface area (Å²) < 4.78 is 13.2. The van der Waals surface area contributed by atoms with Crippen molar-refractivity contribution >= 4 is 10.8 Å². The molecule has 1 nitrogen and oxygen atoms in total. The van der Waals surface area contributed by atoms with Crippen LogP contribution in [0.3, 0.4) is 0 Å². The zero-order valence-corrected chi connectivity index (χ0v) is 12.2. The minimum atomic E-state index is -0.676. The zero-order chi connectivity index (χ0) is 12.9. The molecule has 1 atom stereocenters. The van der Waals surface area contributed by atoms with E-state index in [4.69, 9.17) is 0 Å². The van der Waals surface area contributed by atoms with E-state index in [0.717, 1.165) is 23.5 Å².